The third kappa shape index (κ3) is 3.03. The van der Waals surface area contributed by atoms with Gasteiger partial charge in [0.1, 0.15) is 0 Å². The number of carboxylic acids is 1. The van der Waals surface area contributed by atoms with E-state index in [0.29, 0.717) is 5.69 Å². The van der Waals surface area contributed by atoms with E-state index in [0.717, 1.165) is 6.26 Å². The number of hydrogen-bond donors (Lipinski definition) is 1. The molecule has 1 aromatic rings. The summed E-state index contributed by atoms with van der Waals surface area (Å²) in [6.07, 6.45) is 0.953. The molecule has 0 aliphatic carbocycles. The van der Waals surface area contributed by atoms with E-state index in [2.05, 4.69) is 4.98 Å². The summed E-state index contributed by atoms with van der Waals surface area (Å²) in [6, 6.07) is 2.82. The SMILES string of the molecule is CC(C)(C)c1ccc(C(=O)O)c(S(C)(=O)=O)n1. The minimum atomic E-state index is -3.65. The number of aromatic nitrogens is 1. The van der Waals surface area contributed by atoms with Crippen molar-refractivity contribution in [1.82, 2.24) is 4.98 Å². The molecule has 1 N–H and O–H groups in total. The van der Waals surface area contributed by atoms with Gasteiger partial charge in [-0.1, -0.05) is 20.8 Å². The van der Waals surface area contributed by atoms with Crippen LogP contribution in [0.2, 0.25) is 0 Å². The Balaban J connectivity index is 3.57. The fourth-order valence-corrected chi connectivity index (χ4v) is 2.12. The van der Waals surface area contributed by atoms with Gasteiger partial charge in [-0.3, -0.25) is 0 Å². The Morgan fingerprint density at radius 2 is 1.82 bits per heavy atom. The fraction of sp³-hybridized carbons (Fsp3) is 0.455. The van der Waals surface area contributed by atoms with Gasteiger partial charge in [0.2, 0.25) is 0 Å². The maximum absolute atomic E-state index is 11.5. The van der Waals surface area contributed by atoms with Gasteiger partial charge < -0.3 is 5.11 Å². The second-order valence-corrected chi connectivity index (χ2v) is 6.81. The highest BCUT2D eigenvalue weighted by molar-refractivity contribution is 7.90. The Bertz CT molecular complexity index is 555. The summed E-state index contributed by atoms with van der Waals surface area (Å²) in [4.78, 5) is 14.9. The largest absolute Gasteiger partial charge is 0.478 e. The second kappa shape index (κ2) is 4.10. The first-order valence-electron chi connectivity index (χ1n) is 4.98. The first-order valence-corrected chi connectivity index (χ1v) is 6.87. The molecule has 0 radical (unpaired) electrons. The van der Waals surface area contributed by atoms with E-state index in [-0.39, 0.29) is 16.0 Å². The zero-order chi connectivity index (χ0) is 13.4. The Morgan fingerprint density at radius 3 is 2.18 bits per heavy atom. The first kappa shape index (κ1) is 13.6. The van der Waals surface area contributed by atoms with E-state index in [9.17, 15) is 13.2 Å². The van der Waals surface area contributed by atoms with Crippen molar-refractivity contribution in [3.63, 3.8) is 0 Å². The summed E-state index contributed by atoms with van der Waals surface area (Å²) in [5, 5.41) is 8.54. The van der Waals surface area contributed by atoms with E-state index < -0.39 is 15.8 Å². The molecule has 0 atom stereocenters. The van der Waals surface area contributed by atoms with Gasteiger partial charge in [-0.05, 0) is 12.1 Å². The summed E-state index contributed by atoms with van der Waals surface area (Å²) >= 11 is 0. The zero-order valence-electron chi connectivity index (χ0n) is 10.2. The van der Waals surface area contributed by atoms with Crippen molar-refractivity contribution in [3.05, 3.63) is 23.4 Å². The predicted octanol–water partition coefficient (Wildman–Crippen LogP) is 1.48. The van der Waals surface area contributed by atoms with Crippen molar-refractivity contribution in [2.45, 2.75) is 31.2 Å². The maximum Gasteiger partial charge on any atom is 0.338 e. The lowest BCUT2D eigenvalue weighted by atomic mass is 9.91. The van der Waals surface area contributed by atoms with Crippen LogP contribution >= 0.6 is 0 Å². The third-order valence-electron chi connectivity index (χ3n) is 2.21. The summed E-state index contributed by atoms with van der Waals surface area (Å²) in [5.74, 6) is -1.29. The fourth-order valence-electron chi connectivity index (χ4n) is 1.30. The molecule has 0 spiro atoms. The molecule has 0 aromatic carbocycles. The lowest BCUT2D eigenvalue weighted by Crippen LogP contribution is -2.18. The smallest absolute Gasteiger partial charge is 0.338 e. The molecular formula is C11H15NO4S. The molecule has 0 unspecified atom stereocenters. The maximum atomic E-state index is 11.5. The van der Waals surface area contributed by atoms with Crippen LogP contribution in [0.15, 0.2) is 17.2 Å². The molecule has 0 saturated heterocycles. The normalized spacial score (nSPS) is 12.5. The lowest BCUT2D eigenvalue weighted by Gasteiger charge is -2.18. The van der Waals surface area contributed by atoms with Crippen LogP contribution in [0.3, 0.4) is 0 Å². The number of hydrogen-bond acceptors (Lipinski definition) is 4. The summed E-state index contributed by atoms with van der Waals surface area (Å²) < 4.78 is 23.0. The quantitative estimate of drug-likeness (QED) is 0.867. The van der Waals surface area contributed by atoms with Gasteiger partial charge in [-0.25, -0.2) is 18.2 Å². The van der Waals surface area contributed by atoms with Crippen LogP contribution in [-0.2, 0) is 15.3 Å². The first-order chi connectivity index (χ1) is 7.53. The molecule has 1 rings (SSSR count). The van der Waals surface area contributed by atoms with Gasteiger partial charge in [0.15, 0.2) is 14.9 Å². The molecule has 5 nitrogen and oxygen atoms in total. The Kier molecular flexibility index (Phi) is 3.29. The Hall–Kier alpha value is -1.43. The van der Waals surface area contributed by atoms with Crippen LogP contribution in [0.1, 0.15) is 36.8 Å². The number of nitrogens with zero attached hydrogens (tertiary/aromatic N) is 1. The van der Waals surface area contributed by atoms with Crippen molar-refractivity contribution in [1.29, 1.82) is 0 Å². The van der Waals surface area contributed by atoms with Gasteiger partial charge >= 0.3 is 5.97 Å². The molecule has 0 aliphatic heterocycles. The second-order valence-electron chi connectivity index (χ2n) is 4.88. The number of aromatic carboxylic acids is 1. The standard InChI is InChI=1S/C11H15NO4S/c1-11(2,3)8-6-5-7(10(13)14)9(12-8)17(4,15)16/h5-6H,1-4H3,(H,13,14). The van der Waals surface area contributed by atoms with Gasteiger partial charge in [-0.2, -0.15) is 0 Å². The molecule has 0 amide bonds. The van der Waals surface area contributed by atoms with Crippen molar-refractivity contribution in [2.24, 2.45) is 0 Å². The molecule has 0 bridgehead atoms. The van der Waals surface area contributed by atoms with Crippen LogP contribution in [-0.4, -0.2) is 30.7 Å². The van der Waals surface area contributed by atoms with E-state index in [1.165, 1.54) is 12.1 Å². The van der Waals surface area contributed by atoms with Crippen LogP contribution in [0, 0.1) is 0 Å². The molecule has 94 valence electrons. The number of pyridine rings is 1. The highest BCUT2D eigenvalue weighted by Crippen LogP contribution is 2.23. The average molecular weight is 257 g/mol. The highest BCUT2D eigenvalue weighted by Gasteiger charge is 2.24. The van der Waals surface area contributed by atoms with Crippen molar-refractivity contribution < 1.29 is 18.3 Å². The summed E-state index contributed by atoms with van der Waals surface area (Å²) in [6.45, 7) is 5.63. The number of carbonyl (C=O) groups is 1. The predicted molar refractivity (Wildman–Crippen MR) is 63.0 cm³/mol. The molecule has 6 heteroatoms. The van der Waals surface area contributed by atoms with Crippen LogP contribution in [0.25, 0.3) is 0 Å². The molecule has 0 fully saturated rings. The summed E-state index contributed by atoms with van der Waals surface area (Å²) in [7, 11) is -3.65. The van der Waals surface area contributed by atoms with Crippen molar-refractivity contribution >= 4 is 15.8 Å². The van der Waals surface area contributed by atoms with Gasteiger partial charge in [-0.15, -0.1) is 0 Å². The van der Waals surface area contributed by atoms with Crippen molar-refractivity contribution in [2.75, 3.05) is 6.26 Å². The van der Waals surface area contributed by atoms with Crippen LogP contribution in [0.5, 0.6) is 0 Å². The number of carboxylic acid groups (broad SMARTS) is 1. The van der Waals surface area contributed by atoms with Crippen LogP contribution < -0.4 is 0 Å². The molecular weight excluding hydrogens is 242 g/mol. The summed E-state index contributed by atoms with van der Waals surface area (Å²) in [5.41, 5.74) is -0.0837. The number of rotatable bonds is 2. The van der Waals surface area contributed by atoms with E-state index in [1.807, 2.05) is 20.8 Å². The topological polar surface area (TPSA) is 84.3 Å². The minimum Gasteiger partial charge on any atom is -0.478 e. The monoisotopic (exact) mass is 257 g/mol. The van der Waals surface area contributed by atoms with E-state index in [1.54, 1.807) is 0 Å². The number of sulfone groups is 1. The van der Waals surface area contributed by atoms with Crippen LogP contribution in [0.4, 0.5) is 0 Å². The van der Waals surface area contributed by atoms with Gasteiger partial charge in [0, 0.05) is 17.4 Å². The molecule has 17 heavy (non-hydrogen) atoms. The molecule has 1 aromatic heterocycles. The molecule has 0 saturated carbocycles. The van der Waals surface area contributed by atoms with E-state index >= 15 is 0 Å². The minimum absolute atomic E-state index is 0.291. The average Bonchev–Trinajstić information content (AvgIpc) is 2.14. The van der Waals surface area contributed by atoms with Crippen molar-refractivity contribution in [3.8, 4) is 0 Å². The van der Waals surface area contributed by atoms with Gasteiger partial charge in [0.25, 0.3) is 0 Å². The lowest BCUT2D eigenvalue weighted by molar-refractivity contribution is 0.0691. The molecule has 0 aliphatic rings. The third-order valence-corrected chi connectivity index (χ3v) is 3.22. The van der Waals surface area contributed by atoms with E-state index in [4.69, 9.17) is 5.11 Å². The highest BCUT2D eigenvalue weighted by atomic mass is 32.2. The molecule has 1 heterocycles. The zero-order valence-corrected chi connectivity index (χ0v) is 11.0. The Labute approximate surface area is 100 Å². The van der Waals surface area contributed by atoms with Gasteiger partial charge in [0.05, 0.1) is 5.56 Å². The Morgan fingerprint density at radius 1 is 1.29 bits per heavy atom.